The summed E-state index contributed by atoms with van der Waals surface area (Å²) in [6.07, 6.45) is 1.59. The molecule has 0 aliphatic rings. The van der Waals surface area contributed by atoms with E-state index in [0.717, 1.165) is 16.4 Å². The van der Waals surface area contributed by atoms with Gasteiger partial charge in [-0.25, -0.2) is 4.79 Å². The summed E-state index contributed by atoms with van der Waals surface area (Å²) in [5.74, 6) is -0.312. The molecule has 0 aliphatic heterocycles. The lowest BCUT2D eigenvalue weighted by Gasteiger charge is -2.34. The molecule has 1 atom stereocenters. The second-order valence-electron chi connectivity index (χ2n) is 6.56. The molecule has 2 aromatic rings. The van der Waals surface area contributed by atoms with Crippen molar-refractivity contribution in [3.63, 3.8) is 0 Å². The SMILES string of the molecule is CCOC(=O)C(C)O[Si](CC=C(C)C)(c1ccccc1)c1ccccc1. The Morgan fingerprint density at radius 2 is 1.50 bits per heavy atom. The third-order valence-electron chi connectivity index (χ3n) is 4.27. The van der Waals surface area contributed by atoms with Crippen molar-refractivity contribution in [3.8, 4) is 0 Å². The summed E-state index contributed by atoms with van der Waals surface area (Å²) in [5.41, 5.74) is 1.24. The third-order valence-corrected chi connectivity index (χ3v) is 8.34. The number of hydrogen-bond donors (Lipinski definition) is 0. The van der Waals surface area contributed by atoms with Crippen LogP contribution in [-0.4, -0.2) is 27.0 Å². The highest BCUT2D eigenvalue weighted by Crippen LogP contribution is 2.18. The van der Waals surface area contributed by atoms with Crippen LogP contribution in [0.4, 0.5) is 0 Å². The summed E-state index contributed by atoms with van der Waals surface area (Å²) in [7, 11) is -2.64. The van der Waals surface area contributed by atoms with Crippen LogP contribution in [0.1, 0.15) is 27.7 Å². The van der Waals surface area contributed by atoms with Gasteiger partial charge in [0.2, 0.25) is 0 Å². The van der Waals surface area contributed by atoms with E-state index in [0.29, 0.717) is 6.61 Å². The maximum atomic E-state index is 12.3. The number of hydrogen-bond acceptors (Lipinski definition) is 3. The first-order valence-electron chi connectivity index (χ1n) is 9.08. The Morgan fingerprint density at radius 3 is 1.92 bits per heavy atom. The first-order valence-corrected chi connectivity index (χ1v) is 11.2. The average molecular weight is 369 g/mol. The second kappa shape index (κ2) is 9.50. The molecule has 0 aromatic heterocycles. The van der Waals surface area contributed by atoms with Crippen LogP contribution in [0.3, 0.4) is 0 Å². The van der Waals surface area contributed by atoms with Crippen molar-refractivity contribution in [2.75, 3.05) is 6.61 Å². The monoisotopic (exact) mass is 368 g/mol. The highest BCUT2D eigenvalue weighted by molar-refractivity contribution is 6.97. The largest absolute Gasteiger partial charge is 0.464 e. The summed E-state index contributed by atoms with van der Waals surface area (Å²) in [5, 5.41) is 2.31. The van der Waals surface area contributed by atoms with Crippen LogP contribution in [0.5, 0.6) is 0 Å². The second-order valence-corrected chi connectivity index (χ2v) is 10.0. The molecule has 0 saturated heterocycles. The number of carbonyl (C=O) groups excluding carboxylic acids is 1. The van der Waals surface area contributed by atoms with Crippen molar-refractivity contribution in [2.24, 2.45) is 0 Å². The molecular formula is C22H28O3Si. The lowest BCUT2D eigenvalue weighted by Crippen LogP contribution is -2.62. The fourth-order valence-corrected chi connectivity index (χ4v) is 6.99. The Morgan fingerprint density at radius 1 is 1.00 bits per heavy atom. The first kappa shape index (κ1) is 20.1. The van der Waals surface area contributed by atoms with Gasteiger partial charge in [0.05, 0.1) is 6.61 Å². The zero-order valence-electron chi connectivity index (χ0n) is 16.1. The smallest absolute Gasteiger partial charge is 0.333 e. The Hall–Kier alpha value is -2.17. The molecular weight excluding hydrogens is 340 g/mol. The molecule has 0 heterocycles. The van der Waals surface area contributed by atoms with E-state index < -0.39 is 14.4 Å². The van der Waals surface area contributed by atoms with E-state index in [-0.39, 0.29) is 5.97 Å². The standard InChI is InChI=1S/C22H28O3Si/c1-5-24-22(23)19(4)25-26(17-16-18(2)3,20-12-8-6-9-13-20)21-14-10-7-11-15-21/h6-16,19H,5,17H2,1-4H3. The molecule has 0 spiro atoms. The summed E-state index contributed by atoms with van der Waals surface area (Å²) >= 11 is 0. The molecule has 0 amide bonds. The fourth-order valence-electron chi connectivity index (χ4n) is 2.96. The summed E-state index contributed by atoms with van der Waals surface area (Å²) < 4.78 is 11.8. The van der Waals surface area contributed by atoms with E-state index in [1.165, 1.54) is 5.57 Å². The Bertz CT molecular complexity index is 682. The molecule has 26 heavy (non-hydrogen) atoms. The molecule has 3 nitrogen and oxygen atoms in total. The highest BCUT2D eigenvalue weighted by atomic mass is 28.4. The number of allylic oxidation sites excluding steroid dienone is 2. The van der Waals surface area contributed by atoms with Crippen LogP contribution in [0.2, 0.25) is 6.04 Å². The molecule has 0 radical (unpaired) electrons. The molecule has 0 saturated carbocycles. The van der Waals surface area contributed by atoms with Gasteiger partial charge in [-0.2, -0.15) is 0 Å². The molecule has 0 N–H and O–H groups in total. The van der Waals surface area contributed by atoms with E-state index >= 15 is 0 Å². The van der Waals surface area contributed by atoms with Crippen molar-refractivity contribution >= 4 is 24.7 Å². The van der Waals surface area contributed by atoms with Gasteiger partial charge in [-0.05, 0) is 44.1 Å². The zero-order valence-corrected chi connectivity index (χ0v) is 17.1. The van der Waals surface area contributed by atoms with Gasteiger partial charge in [0.1, 0.15) is 6.10 Å². The van der Waals surface area contributed by atoms with Crippen LogP contribution in [0.25, 0.3) is 0 Å². The van der Waals surface area contributed by atoms with Gasteiger partial charge >= 0.3 is 5.97 Å². The minimum Gasteiger partial charge on any atom is -0.464 e. The Kier molecular flexibility index (Phi) is 7.36. The first-order chi connectivity index (χ1) is 12.5. The Labute approximate surface area is 157 Å². The number of rotatable bonds is 8. The van der Waals surface area contributed by atoms with Gasteiger partial charge in [-0.15, -0.1) is 0 Å². The Balaban J connectivity index is 2.56. The van der Waals surface area contributed by atoms with Crippen LogP contribution in [-0.2, 0) is 14.0 Å². The van der Waals surface area contributed by atoms with E-state index in [9.17, 15) is 4.79 Å². The van der Waals surface area contributed by atoms with Crippen LogP contribution in [0.15, 0.2) is 72.3 Å². The molecule has 4 heteroatoms. The number of ether oxygens (including phenoxy) is 1. The van der Waals surface area contributed by atoms with Gasteiger partial charge in [0.15, 0.2) is 0 Å². The normalized spacial score (nSPS) is 12.3. The quantitative estimate of drug-likeness (QED) is 0.405. The summed E-state index contributed by atoms with van der Waals surface area (Å²) in [6, 6.07) is 21.3. The van der Waals surface area contributed by atoms with Crippen molar-refractivity contribution in [1.82, 2.24) is 0 Å². The van der Waals surface area contributed by atoms with E-state index in [2.05, 4.69) is 44.2 Å². The summed E-state index contributed by atoms with van der Waals surface area (Å²) in [6.45, 7) is 8.13. The minimum atomic E-state index is -2.64. The highest BCUT2D eigenvalue weighted by Gasteiger charge is 2.41. The fraction of sp³-hybridized carbons (Fsp3) is 0.318. The molecule has 1 unspecified atom stereocenters. The zero-order chi connectivity index (χ0) is 19.0. The topological polar surface area (TPSA) is 35.5 Å². The van der Waals surface area contributed by atoms with Gasteiger partial charge in [-0.3, -0.25) is 0 Å². The molecule has 0 aliphatic carbocycles. The van der Waals surface area contributed by atoms with Crippen LogP contribution in [0, 0.1) is 0 Å². The van der Waals surface area contributed by atoms with Gasteiger partial charge in [-0.1, -0.05) is 72.3 Å². The van der Waals surface area contributed by atoms with Crippen LogP contribution >= 0.6 is 0 Å². The van der Waals surface area contributed by atoms with Crippen molar-refractivity contribution in [3.05, 3.63) is 72.3 Å². The van der Waals surface area contributed by atoms with E-state index in [4.69, 9.17) is 9.16 Å². The molecule has 0 bridgehead atoms. The molecule has 138 valence electrons. The van der Waals surface area contributed by atoms with Crippen molar-refractivity contribution in [2.45, 2.75) is 39.8 Å². The van der Waals surface area contributed by atoms with E-state index in [1.54, 1.807) is 6.92 Å². The van der Waals surface area contributed by atoms with E-state index in [1.807, 2.05) is 43.3 Å². The number of carbonyl (C=O) groups is 1. The average Bonchev–Trinajstić information content (AvgIpc) is 2.66. The predicted molar refractivity (Wildman–Crippen MR) is 109 cm³/mol. The van der Waals surface area contributed by atoms with Crippen LogP contribution < -0.4 is 10.4 Å². The maximum absolute atomic E-state index is 12.3. The lowest BCUT2D eigenvalue weighted by atomic mass is 10.3. The third kappa shape index (κ3) is 4.93. The number of esters is 1. The van der Waals surface area contributed by atoms with Gasteiger partial charge in [0, 0.05) is 0 Å². The predicted octanol–water partition coefficient (Wildman–Crippen LogP) is 3.68. The molecule has 2 aromatic carbocycles. The minimum absolute atomic E-state index is 0.312. The number of benzene rings is 2. The lowest BCUT2D eigenvalue weighted by molar-refractivity contribution is -0.150. The molecule has 0 fully saturated rings. The van der Waals surface area contributed by atoms with Crippen molar-refractivity contribution < 1.29 is 14.0 Å². The molecule has 2 rings (SSSR count). The van der Waals surface area contributed by atoms with Gasteiger partial charge in [0.25, 0.3) is 8.32 Å². The summed E-state index contributed by atoms with van der Waals surface area (Å²) in [4.78, 5) is 12.3. The van der Waals surface area contributed by atoms with Gasteiger partial charge < -0.3 is 9.16 Å². The maximum Gasteiger partial charge on any atom is 0.333 e. The van der Waals surface area contributed by atoms with Crippen molar-refractivity contribution in [1.29, 1.82) is 0 Å².